The van der Waals surface area contributed by atoms with Crippen LogP contribution in [-0.2, 0) is 11.2 Å². The third-order valence-electron chi connectivity index (χ3n) is 3.77. The fraction of sp³-hybridized carbons (Fsp3) is 0.533. The lowest BCUT2D eigenvalue weighted by Crippen LogP contribution is -2.48. The molecular weight excluding hydrogens is 295 g/mol. The van der Waals surface area contributed by atoms with Gasteiger partial charge in [-0.2, -0.15) is 0 Å². The van der Waals surface area contributed by atoms with E-state index in [0.29, 0.717) is 28.8 Å². The van der Waals surface area contributed by atoms with Crippen LogP contribution in [0, 0.1) is 5.92 Å². The molecule has 0 saturated carbocycles. The predicted molar refractivity (Wildman–Crippen MR) is 83.4 cm³/mol. The fourth-order valence-corrected chi connectivity index (χ4v) is 2.98. The SMILES string of the molecule is CC1CNCCC1NC(=O)CCc1ccc(Cl)cc1Cl. The minimum Gasteiger partial charge on any atom is -0.353 e. The van der Waals surface area contributed by atoms with Crippen molar-refractivity contribution >= 4 is 29.1 Å². The lowest BCUT2D eigenvalue weighted by atomic mass is 9.95. The Morgan fingerprint density at radius 3 is 2.95 bits per heavy atom. The summed E-state index contributed by atoms with van der Waals surface area (Å²) in [5, 5.41) is 7.69. The van der Waals surface area contributed by atoms with Crippen molar-refractivity contribution in [1.29, 1.82) is 0 Å². The summed E-state index contributed by atoms with van der Waals surface area (Å²) in [6.45, 7) is 4.10. The highest BCUT2D eigenvalue weighted by Crippen LogP contribution is 2.22. The topological polar surface area (TPSA) is 41.1 Å². The summed E-state index contributed by atoms with van der Waals surface area (Å²) in [6, 6.07) is 5.68. The molecule has 2 unspecified atom stereocenters. The third kappa shape index (κ3) is 4.37. The summed E-state index contributed by atoms with van der Waals surface area (Å²) in [4.78, 5) is 12.0. The van der Waals surface area contributed by atoms with Gasteiger partial charge >= 0.3 is 0 Å². The number of nitrogens with one attached hydrogen (secondary N) is 2. The van der Waals surface area contributed by atoms with E-state index in [1.165, 1.54) is 0 Å². The molecule has 0 bridgehead atoms. The molecular formula is C15H20Cl2N2O. The first-order valence-electron chi connectivity index (χ1n) is 7.00. The van der Waals surface area contributed by atoms with Gasteiger partial charge < -0.3 is 10.6 Å². The van der Waals surface area contributed by atoms with Crippen LogP contribution < -0.4 is 10.6 Å². The van der Waals surface area contributed by atoms with E-state index in [2.05, 4.69) is 17.6 Å². The molecule has 110 valence electrons. The number of aryl methyl sites for hydroxylation is 1. The van der Waals surface area contributed by atoms with Gasteiger partial charge in [-0.05, 0) is 49.5 Å². The van der Waals surface area contributed by atoms with Gasteiger partial charge in [0.1, 0.15) is 0 Å². The van der Waals surface area contributed by atoms with Gasteiger partial charge in [-0.3, -0.25) is 4.79 Å². The quantitative estimate of drug-likeness (QED) is 0.897. The average molecular weight is 315 g/mol. The van der Waals surface area contributed by atoms with E-state index in [9.17, 15) is 4.79 Å². The van der Waals surface area contributed by atoms with Gasteiger partial charge in [0.25, 0.3) is 0 Å². The van der Waals surface area contributed by atoms with Crippen LogP contribution in [0.15, 0.2) is 18.2 Å². The van der Waals surface area contributed by atoms with E-state index >= 15 is 0 Å². The van der Waals surface area contributed by atoms with E-state index < -0.39 is 0 Å². The number of halogens is 2. The van der Waals surface area contributed by atoms with Gasteiger partial charge in [-0.1, -0.05) is 36.2 Å². The molecule has 1 amide bonds. The molecule has 1 aliphatic heterocycles. The summed E-state index contributed by atoms with van der Waals surface area (Å²) in [5.41, 5.74) is 0.963. The number of piperidine rings is 1. The summed E-state index contributed by atoms with van der Waals surface area (Å²) >= 11 is 12.0. The zero-order valence-corrected chi connectivity index (χ0v) is 13.1. The highest BCUT2D eigenvalue weighted by Gasteiger charge is 2.22. The van der Waals surface area contributed by atoms with E-state index in [-0.39, 0.29) is 11.9 Å². The number of amides is 1. The molecule has 3 nitrogen and oxygen atoms in total. The minimum atomic E-state index is 0.0924. The number of carbonyl (C=O) groups is 1. The Balaban J connectivity index is 1.82. The van der Waals surface area contributed by atoms with Gasteiger partial charge in [-0.25, -0.2) is 0 Å². The smallest absolute Gasteiger partial charge is 0.220 e. The van der Waals surface area contributed by atoms with Gasteiger partial charge in [0, 0.05) is 22.5 Å². The third-order valence-corrected chi connectivity index (χ3v) is 4.36. The lowest BCUT2D eigenvalue weighted by molar-refractivity contribution is -0.122. The maximum atomic E-state index is 12.0. The second-order valence-electron chi connectivity index (χ2n) is 5.38. The van der Waals surface area contributed by atoms with E-state index in [1.807, 2.05) is 6.07 Å². The Morgan fingerprint density at radius 2 is 2.25 bits per heavy atom. The first kappa shape index (κ1) is 15.6. The number of rotatable bonds is 4. The summed E-state index contributed by atoms with van der Waals surface area (Å²) in [5.74, 6) is 0.571. The van der Waals surface area contributed by atoms with E-state index in [1.54, 1.807) is 12.1 Å². The van der Waals surface area contributed by atoms with Crippen LogP contribution in [0.1, 0.15) is 25.3 Å². The van der Waals surface area contributed by atoms with Crippen molar-refractivity contribution in [2.45, 2.75) is 32.2 Å². The maximum Gasteiger partial charge on any atom is 0.220 e. The van der Waals surface area contributed by atoms with Crippen molar-refractivity contribution in [3.63, 3.8) is 0 Å². The molecule has 5 heteroatoms. The van der Waals surface area contributed by atoms with E-state index in [0.717, 1.165) is 25.1 Å². The molecule has 1 heterocycles. The van der Waals surface area contributed by atoms with Crippen molar-refractivity contribution in [2.75, 3.05) is 13.1 Å². The van der Waals surface area contributed by atoms with Crippen LogP contribution in [0.3, 0.4) is 0 Å². The molecule has 2 rings (SSSR count). The standard InChI is InChI=1S/C15H20Cl2N2O/c1-10-9-18-7-6-14(10)19-15(20)5-3-11-2-4-12(16)8-13(11)17/h2,4,8,10,14,18H,3,5-7,9H2,1H3,(H,19,20). The van der Waals surface area contributed by atoms with Gasteiger partial charge in [-0.15, -0.1) is 0 Å². The highest BCUT2D eigenvalue weighted by molar-refractivity contribution is 6.35. The van der Waals surface area contributed by atoms with Crippen LogP contribution in [0.5, 0.6) is 0 Å². The van der Waals surface area contributed by atoms with Crippen LogP contribution in [0.2, 0.25) is 10.0 Å². The Labute approximate surface area is 130 Å². The van der Waals surface area contributed by atoms with Crippen LogP contribution in [0.4, 0.5) is 0 Å². The molecule has 1 saturated heterocycles. The Hall–Kier alpha value is -0.770. The Kier molecular flexibility index (Phi) is 5.70. The second-order valence-corrected chi connectivity index (χ2v) is 6.22. The number of hydrogen-bond donors (Lipinski definition) is 2. The van der Waals surface area contributed by atoms with Crippen molar-refractivity contribution < 1.29 is 4.79 Å². The van der Waals surface area contributed by atoms with E-state index in [4.69, 9.17) is 23.2 Å². The van der Waals surface area contributed by atoms with Crippen molar-refractivity contribution in [3.8, 4) is 0 Å². The van der Waals surface area contributed by atoms with Gasteiger partial charge in [0.05, 0.1) is 0 Å². The Bertz CT molecular complexity index is 479. The van der Waals surface area contributed by atoms with Crippen LogP contribution in [0.25, 0.3) is 0 Å². The zero-order valence-electron chi connectivity index (χ0n) is 11.6. The average Bonchev–Trinajstić information content (AvgIpc) is 2.40. The first-order valence-corrected chi connectivity index (χ1v) is 7.76. The maximum absolute atomic E-state index is 12.0. The molecule has 0 radical (unpaired) electrons. The van der Waals surface area contributed by atoms with Crippen molar-refractivity contribution in [2.24, 2.45) is 5.92 Å². The summed E-state index contributed by atoms with van der Waals surface area (Å²) in [6.07, 6.45) is 2.09. The number of hydrogen-bond acceptors (Lipinski definition) is 2. The molecule has 0 spiro atoms. The molecule has 2 atom stereocenters. The predicted octanol–water partition coefficient (Wildman–Crippen LogP) is 3.04. The molecule has 1 fully saturated rings. The van der Waals surface area contributed by atoms with Crippen LogP contribution >= 0.6 is 23.2 Å². The largest absolute Gasteiger partial charge is 0.353 e. The number of carbonyl (C=O) groups excluding carboxylic acids is 1. The first-order chi connectivity index (χ1) is 9.56. The van der Waals surface area contributed by atoms with Crippen molar-refractivity contribution in [3.05, 3.63) is 33.8 Å². The molecule has 1 aromatic rings. The molecule has 0 aromatic heterocycles. The molecule has 0 aliphatic carbocycles. The Morgan fingerprint density at radius 1 is 1.45 bits per heavy atom. The summed E-state index contributed by atoms with van der Waals surface area (Å²) < 4.78 is 0. The molecule has 1 aliphatic rings. The minimum absolute atomic E-state index is 0.0924. The highest BCUT2D eigenvalue weighted by atomic mass is 35.5. The molecule has 20 heavy (non-hydrogen) atoms. The zero-order chi connectivity index (χ0) is 14.5. The number of benzene rings is 1. The van der Waals surface area contributed by atoms with Gasteiger partial charge in [0.15, 0.2) is 0 Å². The lowest BCUT2D eigenvalue weighted by Gasteiger charge is -2.30. The fourth-order valence-electron chi connectivity index (χ4n) is 2.48. The molecule has 1 aromatic carbocycles. The monoisotopic (exact) mass is 314 g/mol. The second kappa shape index (κ2) is 7.30. The van der Waals surface area contributed by atoms with Gasteiger partial charge in [0.2, 0.25) is 5.91 Å². The van der Waals surface area contributed by atoms with Crippen molar-refractivity contribution in [1.82, 2.24) is 10.6 Å². The normalized spacial score (nSPS) is 22.6. The van der Waals surface area contributed by atoms with Crippen LogP contribution in [-0.4, -0.2) is 25.0 Å². The summed E-state index contributed by atoms with van der Waals surface area (Å²) in [7, 11) is 0. The molecule has 2 N–H and O–H groups in total.